The molecule has 0 aromatic carbocycles. The first-order valence-corrected chi connectivity index (χ1v) is 8.01. The van der Waals surface area contributed by atoms with Crippen LogP contribution in [-0.4, -0.2) is 53.1 Å². The first-order valence-electron chi connectivity index (χ1n) is 8.01. The van der Waals surface area contributed by atoms with Crippen molar-refractivity contribution in [3.05, 3.63) is 0 Å². The lowest BCUT2D eigenvalue weighted by molar-refractivity contribution is -0.139. The zero-order valence-corrected chi connectivity index (χ0v) is 13.4. The van der Waals surface area contributed by atoms with E-state index in [1.807, 2.05) is 6.92 Å². The number of aliphatic carboxylic acids is 1. The molecule has 0 saturated heterocycles. The summed E-state index contributed by atoms with van der Waals surface area (Å²) in [5.74, 6) is -1.46. The van der Waals surface area contributed by atoms with Crippen molar-refractivity contribution in [3.63, 3.8) is 0 Å². The standard InChI is InChI=1S/C15H27N3O4/c1-3-9-18(10-13(19)20)11(2)14(21)17-15(22)16-12-7-5-4-6-8-12/h11-12H,3-10H2,1-2H3,(H,19,20)(H2,16,17,21,22). The lowest BCUT2D eigenvalue weighted by Gasteiger charge is -2.27. The van der Waals surface area contributed by atoms with Crippen LogP contribution in [0.5, 0.6) is 0 Å². The van der Waals surface area contributed by atoms with Gasteiger partial charge in [0.25, 0.3) is 0 Å². The van der Waals surface area contributed by atoms with Crippen LogP contribution < -0.4 is 10.6 Å². The van der Waals surface area contributed by atoms with Crippen molar-refractivity contribution in [2.45, 2.75) is 64.5 Å². The summed E-state index contributed by atoms with van der Waals surface area (Å²) in [6.07, 6.45) is 6.00. The predicted molar refractivity (Wildman–Crippen MR) is 82.5 cm³/mol. The van der Waals surface area contributed by atoms with E-state index in [1.54, 1.807) is 11.8 Å². The molecule has 7 heteroatoms. The van der Waals surface area contributed by atoms with Crippen LogP contribution in [0.15, 0.2) is 0 Å². The van der Waals surface area contributed by atoms with Gasteiger partial charge in [0.15, 0.2) is 0 Å². The molecule has 0 bridgehead atoms. The van der Waals surface area contributed by atoms with Crippen LogP contribution in [0.2, 0.25) is 0 Å². The quantitative estimate of drug-likeness (QED) is 0.658. The van der Waals surface area contributed by atoms with Crippen molar-refractivity contribution in [3.8, 4) is 0 Å². The van der Waals surface area contributed by atoms with Gasteiger partial charge in [0.1, 0.15) is 0 Å². The van der Waals surface area contributed by atoms with E-state index in [0.717, 1.165) is 32.1 Å². The van der Waals surface area contributed by atoms with Crippen LogP contribution in [0.3, 0.4) is 0 Å². The first kappa shape index (κ1) is 18.4. The van der Waals surface area contributed by atoms with E-state index in [4.69, 9.17) is 5.11 Å². The summed E-state index contributed by atoms with van der Waals surface area (Å²) in [5, 5.41) is 14.0. The number of hydrogen-bond donors (Lipinski definition) is 3. The third-order valence-electron chi connectivity index (χ3n) is 3.95. The Morgan fingerprint density at radius 3 is 2.41 bits per heavy atom. The zero-order chi connectivity index (χ0) is 16.5. The summed E-state index contributed by atoms with van der Waals surface area (Å²) >= 11 is 0. The highest BCUT2D eigenvalue weighted by Gasteiger charge is 2.25. The second-order valence-electron chi connectivity index (χ2n) is 5.84. The van der Waals surface area contributed by atoms with E-state index >= 15 is 0 Å². The third kappa shape index (κ3) is 6.43. The van der Waals surface area contributed by atoms with Gasteiger partial charge in [0.2, 0.25) is 5.91 Å². The molecule has 0 spiro atoms. The Morgan fingerprint density at radius 1 is 1.23 bits per heavy atom. The topological polar surface area (TPSA) is 98.7 Å². The molecule has 0 aromatic heterocycles. The molecule has 126 valence electrons. The molecule has 0 radical (unpaired) electrons. The fraction of sp³-hybridized carbons (Fsp3) is 0.800. The van der Waals surface area contributed by atoms with Crippen molar-refractivity contribution < 1.29 is 19.5 Å². The summed E-state index contributed by atoms with van der Waals surface area (Å²) in [7, 11) is 0. The highest BCUT2D eigenvalue weighted by atomic mass is 16.4. The lowest BCUT2D eigenvalue weighted by atomic mass is 9.96. The SMILES string of the molecule is CCCN(CC(=O)O)C(C)C(=O)NC(=O)NC1CCCCC1. The Hall–Kier alpha value is -1.63. The minimum Gasteiger partial charge on any atom is -0.480 e. The van der Waals surface area contributed by atoms with Crippen LogP contribution in [0.25, 0.3) is 0 Å². The largest absolute Gasteiger partial charge is 0.480 e. The highest BCUT2D eigenvalue weighted by molar-refractivity contribution is 5.97. The van der Waals surface area contributed by atoms with Gasteiger partial charge >= 0.3 is 12.0 Å². The van der Waals surface area contributed by atoms with E-state index in [9.17, 15) is 14.4 Å². The monoisotopic (exact) mass is 313 g/mol. The normalized spacial score (nSPS) is 17.0. The maximum Gasteiger partial charge on any atom is 0.321 e. The van der Waals surface area contributed by atoms with Crippen molar-refractivity contribution >= 4 is 17.9 Å². The number of hydrogen-bond acceptors (Lipinski definition) is 4. The van der Waals surface area contributed by atoms with Crippen molar-refractivity contribution in [2.75, 3.05) is 13.1 Å². The number of carboxylic acid groups (broad SMARTS) is 1. The fourth-order valence-corrected chi connectivity index (χ4v) is 2.72. The second kappa shape index (κ2) is 9.40. The van der Waals surface area contributed by atoms with Crippen LogP contribution >= 0.6 is 0 Å². The van der Waals surface area contributed by atoms with Gasteiger partial charge in [-0.2, -0.15) is 0 Å². The molecule has 1 saturated carbocycles. The van der Waals surface area contributed by atoms with E-state index in [0.29, 0.717) is 6.54 Å². The van der Waals surface area contributed by atoms with Crippen LogP contribution in [0.4, 0.5) is 4.79 Å². The molecule has 0 aliphatic heterocycles. The van der Waals surface area contributed by atoms with Crippen molar-refractivity contribution in [1.82, 2.24) is 15.5 Å². The predicted octanol–water partition coefficient (Wildman–Crippen LogP) is 1.33. The number of carbonyl (C=O) groups is 3. The molecular weight excluding hydrogens is 286 g/mol. The molecule has 3 amide bonds. The average Bonchev–Trinajstić information content (AvgIpc) is 2.46. The Labute approximate surface area is 131 Å². The summed E-state index contributed by atoms with van der Waals surface area (Å²) in [6, 6.07) is -1.02. The van der Waals surface area contributed by atoms with Crippen LogP contribution in [0, 0.1) is 0 Å². The molecule has 3 N–H and O–H groups in total. The van der Waals surface area contributed by atoms with Gasteiger partial charge in [-0.25, -0.2) is 4.79 Å². The summed E-state index contributed by atoms with van der Waals surface area (Å²) in [6.45, 7) is 3.80. The van der Waals surface area contributed by atoms with E-state index in [1.165, 1.54) is 6.42 Å². The number of urea groups is 1. The molecule has 1 rings (SSSR count). The molecule has 1 unspecified atom stereocenters. The van der Waals surface area contributed by atoms with Gasteiger partial charge < -0.3 is 10.4 Å². The Morgan fingerprint density at radius 2 is 1.86 bits per heavy atom. The second-order valence-corrected chi connectivity index (χ2v) is 5.84. The third-order valence-corrected chi connectivity index (χ3v) is 3.95. The zero-order valence-electron chi connectivity index (χ0n) is 13.4. The molecule has 0 heterocycles. The Bertz CT molecular complexity index is 394. The fourth-order valence-electron chi connectivity index (χ4n) is 2.72. The summed E-state index contributed by atoms with van der Waals surface area (Å²) in [5.41, 5.74) is 0. The van der Waals surface area contributed by atoms with Crippen LogP contribution in [-0.2, 0) is 9.59 Å². The van der Waals surface area contributed by atoms with Gasteiger partial charge in [-0.1, -0.05) is 26.2 Å². The minimum atomic E-state index is -0.986. The van der Waals surface area contributed by atoms with E-state index in [2.05, 4.69) is 10.6 Å². The molecule has 1 aliphatic rings. The van der Waals surface area contributed by atoms with Gasteiger partial charge in [-0.3, -0.25) is 19.8 Å². The molecular formula is C15H27N3O4. The number of nitrogens with zero attached hydrogens (tertiary/aromatic N) is 1. The van der Waals surface area contributed by atoms with Gasteiger partial charge in [-0.15, -0.1) is 0 Å². The Balaban J connectivity index is 2.46. The molecule has 1 fully saturated rings. The lowest BCUT2D eigenvalue weighted by Crippen LogP contribution is -2.52. The van der Waals surface area contributed by atoms with Gasteiger partial charge in [0.05, 0.1) is 12.6 Å². The van der Waals surface area contributed by atoms with Gasteiger partial charge in [-0.05, 0) is 32.7 Å². The maximum absolute atomic E-state index is 12.1. The molecule has 0 aromatic rings. The van der Waals surface area contributed by atoms with Gasteiger partial charge in [0, 0.05) is 6.04 Å². The summed E-state index contributed by atoms with van der Waals surface area (Å²) < 4.78 is 0. The number of carboxylic acids is 1. The minimum absolute atomic E-state index is 0.127. The molecule has 22 heavy (non-hydrogen) atoms. The molecule has 1 aliphatic carbocycles. The Kier molecular flexibility index (Phi) is 7.87. The van der Waals surface area contributed by atoms with Crippen LogP contribution in [0.1, 0.15) is 52.4 Å². The number of rotatable bonds is 7. The van der Waals surface area contributed by atoms with Crippen molar-refractivity contribution in [1.29, 1.82) is 0 Å². The number of carbonyl (C=O) groups excluding carboxylic acids is 2. The van der Waals surface area contributed by atoms with E-state index in [-0.39, 0.29) is 12.6 Å². The molecule has 7 nitrogen and oxygen atoms in total. The maximum atomic E-state index is 12.1. The smallest absolute Gasteiger partial charge is 0.321 e. The summed E-state index contributed by atoms with van der Waals surface area (Å²) in [4.78, 5) is 36.3. The van der Waals surface area contributed by atoms with E-state index < -0.39 is 23.9 Å². The average molecular weight is 313 g/mol. The highest BCUT2D eigenvalue weighted by Crippen LogP contribution is 2.17. The first-order chi connectivity index (χ1) is 10.4. The van der Waals surface area contributed by atoms with Crippen molar-refractivity contribution in [2.24, 2.45) is 0 Å². The number of nitrogens with one attached hydrogen (secondary N) is 2. The number of amides is 3. The molecule has 1 atom stereocenters. The number of imide groups is 1.